The predicted molar refractivity (Wildman–Crippen MR) is 175 cm³/mol. The summed E-state index contributed by atoms with van der Waals surface area (Å²) in [4.78, 5) is 9.28. The summed E-state index contributed by atoms with van der Waals surface area (Å²) in [7, 11) is -5.86. The Balaban J connectivity index is 1.44. The van der Waals surface area contributed by atoms with E-state index in [2.05, 4.69) is 14.2 Å². The Morgan fingerprint density at radius 1 is 0.609 bits per heavy atom. The second kappa shape index (κ2) is 12.7. The lowest BCUT2D eigenvalue weighted by Crippen LogP contribution is -2.28. The van der Waals surface area contributed by atoms with E-state index >= 15 is 0 Å². The summed E-state index contributed by atoms with van der Waals surface area (Å²) < 4.78 is 68.5. The predicted octanol–water partition coefficient (Wildman–Crippen LogP) is 9.08. The van der Waals surface area contributed by atoms with E-state index < -0.39 is 26.5 Å². The van der Waals surface area contributed by atoms with Gasteiger partial charge in [-0.2, -0.15) is 21.6 Å². The van der Waals surface area contributed by atoms with Crippen molar-refractivity contribution in [2.24, 2.45) is 0 Å². The van der Waals surface area contributed by atoms with E-state index in [1.165, 1.54) is 12.1 Å². The number of pyridine rings is 2. The van der Waals surface area contributed by atoms with E-state index in [1.807, 2.05) is 119 Å². The molecule has 2 heterocycles. The lowest BCUT2D eigenvalue weighted by atomic mass is 9.77. The number of benzene rings is 3. The van der Waals surface area contributed by atoms with Gasteiger partial charge in [-0.05, 0) is 70.2 Å². The molecule has 238 valence electrons. The monoisotopic (exact) mass is 644 g/mol. The van der Waals surface area contributed by atoms with Gasteiger partial charge in [-0.3, -0.25) is 9.97 Å². The van der Waals surface area contributed by atoms with Crippen LogP contribution in [0.1, 0.15) is 49.9 Å². The molecule has 0 spiro atoms. The second-order valence-electron chi connectivity index (χ2n) is 12.7. The van der Waals surface area contributed by atoms with E-state index in [9.17, 15) is 21.6 Å². The molecule has 0 bridgehead atoms. The van der Waals surface area contributed by atoms with Crippen molar-refractivity contribution in [2.45, 2.75) is 56.9 Å². The first-order valence-corrected chi connectivity index (χ1v) is 16.2. The second-order valence-corrected chi connectivity index (χ2v) is 14.2. The Labute approximate surface area is 268 Å². The largest absolute Gasteiger partial charge is 0.534 e. The smallest absolute Gasteiger partial charge is 0.376 e. The first-order valence-electron chi connectivity index (χ1n) is 14.8. The minimum atomic E-state index is -5.86. The molecule has 0 fully saturated rings. The van der Waals surface area contributed by atoms with Crippen molar-refractivity contribution < 1.29 is 25.8 Å². The molecule has 0 unspecified atom stereocenters. The van der Waals surface area contributed by atoms with Gasteiger partial charge in [-0.15, -0.1) is 0 Å². The lowest BCUT2D eigenvalue weighted by Gasteiger charge is -2.28. The van der Waals surface area contributed by atoms with Crippen molar-refractivity contribution in [3.05, 3.63) is 138 Å². The van der Waals surface area contributed by atoms with Crippen LogP contribution in [0.15, 0.2) is 116 Å². The SMILES string of the molecule is CC(C)(Cc1cc(CC(C)(C)c2ccc(-c3ccccc3)nc2)cc(OS(=O)(=O)C(F)(F)F)c1)c1ccc(-c2ccccc2)nc1. The molecule has 0 aliphatic rings. The summed E-state index contributed by atoms with van der Waals surface area (Å²) in [5.41, 5.74) is 0.194. The summed E-state index contributed by atoms with van der Waals surface area (Å²) >= 11 is 0. The number of nitrogens with zero attached hydrogens (tertiary/aromatic N) is 2. The lowest BCUT2D eigenvalue weighted by molar-refractivity contribution is -0.0500. The summed E-state index contributed by atoms with van der Waals surface area (Å²) in [5, 5.41) is 0. The van der Waals surface area contributed by atoms with Crippen LogP contribution >= 0.6 is 0 Å². The van der Waals surface area contributed by atoms with Crippen LogP contribution in [-0.4, -0.2) is 23.9 Å². The molecule has 3 aromatic carbocycles. The summed E-state index contributed by atoms with van der Waals surface area (Å²) in [6, 6.07) is 32.0. The summed E-state index contributed by atoms with van der Waals surface area (Å²) in [6.07, 6.45) is 4.38. The topological polar surface area (TPSA) is 69.2 Å². The molecule has 2 aromatic heterocycles. The van der Waals surface area contributed by atoms with Crippen LogP contribution in [0.5, 0.6) is 5.75 Å². The van der Waals surface area contributed by atoms with Crippen LogP contribution in [0.3, 0.4) is 0 Å². The number of hydrogen-bond acceptors (Lipinski definition) is 5. The highest BCUT2D eigenvalue weighted by Crippen LogP contribution is 2.35. The first kappa shape index (κ1) is 32.9. The van der Waals surface area contributed by atoms with Gasteiger partial charge in [0.2, 0.25) is 0 Å². The van der Waals surface area contributed by atoms with Crippen molar-refractivity contribution in [3.8, 4) is 28.3 Å². The molecule has 46 heavy (non-hydrogen) atoms. The zero-order valence-corrected chi connectivity index (χ0v) is 26.9. The highest BCUT2D eigenvalue weighted by molar-refractivity contribution is 7.88. The highest BCUT2D eigenvalue weighted by atomic mass is 32.2. The normalized spacial score (nSPS) is 12.6. The molecular weight excluding hydrogens is 609 g/mol. The maximum atomic E-state index is 13.3. The standard InChI is InChI=1S/C37H35F3N2O3S/c1-35(2,30-15-17-33(41-24-30)28-11-7-5-8-12-28)22-26-19-27(21-32(20-26)45-46(43,44)37(38,39)40)23-36(3,4)31-16-18-34(42-25-31)29-13-9-6-10-14-29/h5-21,24-25H,22-23H2,1-4H3. The maximum absolute atomic E-state index is 13.3. The van der Waals surface area contributed by atoms with E-state index in [4.69, 9.17) is 0 Å². The minimum absolute atomic E-state index is 0.383. The van der Waals surface area contributed by atoms with Crippen LogP contribution in [0, 0.1) is 0 Å². The molecule has 0 aliphatic heterocycles. The van der Waals surface area contributed by atoms with Gasteiger partial charge in [-0.25, -0.2) is 0 Å². The van der Waals surface area contributed by atoms with Crippen LogP contribution in [0.25, 0.3) is 22.5 Å². The van der Waals surface area contributed by atoms with Crippen molar-refractivity contribution in [1.82, 2.24) is 9.97 Å². The third kappa shape index (κ3) is 7.65. The fraction of sp³-hybridized carbons (Fsp3) is 0.243. The Kier molecular flexibility index (Phi) is 9.09. The third-order valence-corrected chi connectivity index (χ3v) is 9.02. The molecule has 5 rings (SSSR count). The number of aromatic nitrogens is 2. The first-order chi connectivity index (χ1) is 21.6. The highest BCUT2D eigenvalue weighted by Gasteiger charge is 2.48. The Bertz CT molecular complexity index is 1780. The molecule has 0 atom stereocenters. The van der Waals surface area contributed by atoms with Gasteiger partial charge in [0.25, 0.3) is 0 Å². The fourth-order valence-electron chi connectivity index (χ4n) is 5.53. The third-order valence-electron chi connectivity index (χ3n) is 8.04. The number of halogens is 3. The van der Waals surface area contributed by atoms with E-state index in [0.29, 0.717) is 24.0 Å². The van der Waals surface area contributed by atoms with Crippen molar-refractivity contribution in [2.75, 3.05) is 0 Å². The molecular formula is C37H35F3N2O3S. The molecule has 5 aromatic rings. The molecule has 0 saturated heterocycles. The Morgan fingerprint density at radius 2 is 1.02 bits per heavy atom. The summed E-state index contributed by atoms with van der Waals surface area (Å²) in [5.74, 6) is -0.383. The Hall–Kier alpha value is -4.50. The maximum Gasteiger partial charge on any atom is 0.534 e. The van der Waals surface area contributed by atoms with Crippen molar-refractivity contribution in [3.63, 3.8) is 0 Å². The Morgan fingerprint density at radius 3 is 1.37 bits per heavy atom. The van der Waals surface area contributed by atoms with Gasteiger partial charge in [0, 0.05) is 23.5 Å². The van der Waals surface area contributed by atoms with Gasteiger partial charge in [0.05, 0.1) is 11.4 Å². The van der Waals surface area contributed by atoms with E-state index in [-0.39, 0.29) is 5.75 Å². The quantitative estimate of drug-likeness (QED) is 0.112. The average molecular weight is 645 g/mol. The average Bonchev–Trinajstić information content (AvgIpc) is 3.01. The van der Waals surface area contributed by atoms with Crippen LogP contribution in [-0.2, 0) is 33.8 Å². The van der Waals surface area contributed by atoms with E-state index in [0.717, 1.165) is 33.6 Å². The zero-order valence-electron chi connectivity index (χ0n) is 26.0. The van der Waals surface area contributed by atoms with Gasteiger partial charge in [0.15, 0.2) is 0 Å². The fourth-order valence-corrected chi connectivity index (χ4v) is 5.97. The molecule has 0 amide bonds. The van der Waals surface area contributed by atoms with Crippen molar-refractivity contribution >= 4 is 10.1 Å². The van der Waals surface area contributed by atoms with Gasteiger partial charge < -0.3 is 4.18 Å². The van der Waals surface area contributed by atoms with Crippen LogP contribution in [0.4, 0.5) is 13.2 Å². The minimum Gasteiger partial charge on any atom is -0.376 e. The van der Waals surface area contributed by atoms with Gasteiger partial charge >= 0.3 is 15.6 Å². The molecule has 5 nitrogen and oxygen atoms in total. The number of alkyl halides is 3. The van der Waals surface area contributed by atoms with Crippen LogP contribution in [0.2, 0.25) is 0 Å². The van der Waals surface area contributed by atoms with Gasteiger partial charge in [0.1, 0.15) is 5.75 Å². The summed E-state index contributed by atoms with van der Waals surface area (Å²) in [6.45, 7) is 8.04. The van der Waals surface area contributed by atoms with E-state index in [1.54, 1.807) is 12.4 Å². The molecule has 0 N–H and O–H groups in total. The number of rotatable bonds is 10. The van der Waals surface area contributed by atoms with Crippen molar-refractivity contribution in [1.29, 1.82) is 0 Å². The van der Waals surface area contributed by atoms with Gasteiger partial charge in [-0.1, -0.05) is 107 Å². The van der Waals surface area contributed by atoms with Crippen LogP contribution < -0.4 is 4.18 Å². The molecule has 0 radical (unpaired) electrons. The number of hydrogen-bond donors (Lipinski definition) is 0. The zero-order chi connectivity index (χ0) is 33.2. The molecule has 0 saturated carbocycles. The molecule has 0 aliphatic carbocycles. The molecule has 9 heteroatoms.